The van der Waals surface area contributed by atoms with Crippen LogP contribution in [0.3, 0.4) is 0 Å². The van der Waals surface area contributed by atoms with Gasteiger partial charge < -0.3 is 10.5 Å². The monoisotopic (exact) mass is 371 g/mol. The molecule has 1 aromatic carbocycles. The van der Waals surface area contributed by atoms with E-state index in [0.717, 1.165) is 18.4 Å². The van der Waals surface area contributed by atoms with E-state index in [4.69, 9.17) is 45.3 Å². The van der Waals surface area contributed by atoms with Crippen LogP contribution in [0, 0.1) is 0 Å². The van der Waals surface area contributed by atoms with Gasteiger partial charge in [0.05, 0.1) is 10.0 Å². The first-order valence-electron chi connectivity index (χ1n) is 7.50. The third-order valence-corrected chi connectivity index (χ3v) is 4.88. The topological polar surface area (TPSA) is 61.0 Å². The molecule has 4 nitrogen and oxygen atoms in total. The van der Waals surface area contributed by atoms with E-state index in [1.165, 1.54) is 19.3 Å². The summed E-state index contributed by atoms with van der Waals surface area (Å²) in [6.45, 7) is 0. The molecule has 1 heterocycles. The molecule has 1 aliphatic carbocycles. The van der Waals surface area contributed by atoms with E-state index >= 15 is 0 Å². The standard InChI is InChI=1S/C16H16Cl3N3O/c17-12-6-10(20)7-13(18)15(12)23-14-8-11(16(19)22-21-14)9-4-2-1-3-5-9/h6-9H,1-5,20H2. The van der Waals surface area contributed by atoms with Crippen molar-refractivity contribution in [3.05, 3.63) is 39.0 Å². The molecular weight excluding hydrogens is 357 g/mol. The van der Waals surface area contributed by atoms with Crippen LogP contribution in [0.4, 0.5) is 5.69 Å². The molecule has 1 saturated carbocycles. The molecule has 0 bridgehead atoms. The van der Waals surface area contributed by atoms with Crippen LogP contribution >= 0.6 is 34.8 Å². The number of hydrogen-bond donors (Lipinski definition) is 1. The van der Waals surface area contributed by atoms with Crippen LogP contribution in [0.5, 0.6) is 11.6 Å². The van der Waals surface area contributed by atoms with Crippen LogP contribution in [0.1, 0.15) is 43.6 Å². The largest absolute Gasteiger partial charge is 0.434 e. The van der Waals surface area contributed by atoms with Crippen molar-refractivity contribution in [2.45, 2.75) is 38.0 Å². The maximum Gasteiger partial charge on any atom is 0.239 e. The smallest absolute Gasteiger partial charge is 0.239 e. The Morgan fingerprint density at radius 3 is 2.26 bits per heavy atom. The highest BCUT2D eigenvalue weighted by Crippen LogP contribution is 2.40. The fraction of sp³-hybridized carbons (Fsp3) is 0.375. The van der Waals surface area contributed by atoms with Crippen molar-refractivity contribution >= 4 is 40.5 Å². The predicted octanol–water partition coefficient (Wildman–Crippen LogP) is 5.86. The summed E-state index contributed by atoms with van der Waals surface area (Å²) in [6.07, 6.45) is 5.89. The van der Waals surface area contributed by atoms with Gasteiger partial charge in [-0.25, -0.2) is 0 Å². The Balaban J connectivity index is 1.89. The second kappa shape index (κ2) is 7.12. The highest BCUT2D eigenvalue weighted by atomic mass is 35.5. The minimum absolute atomic E-state index is 0.314. The molecule has 23 heavy (non-hydrogen) atoms. The molecule has 1 fully saturated rings. The average Bonchev–Trinajstić information content (AvgIpc) is 2.53. The third kappa shape index (κ3) is 3.82. The molecule has 3 rings (SSSR count). The van der Waals surface area contributed by atoms with Crippen molar-refractivity contribution in [3.8, 4) is 11.6 Å². The van der Waals surface area contributed by atoms with Crippen LogP contribution < -0.4 is 10.5 Å². The summed E-state index contributed by atoms with van der Waals surface area (Å²) in [5.74, 6) is 1.03. The van der Waals surface area contributed by atoms with Gasteiger partial charge in [-0.3, -0.25) is 0 Å². The number of nitrogens with zero attached hydrogens (tertiary/aromatic N) is 2. The number of hydrogen-bond acceptors (Lipinski definition) is 4. The van der Waals surface area contributed by atoms with E-state index in [9.17, 15) is 0 Å². The van der Waals surface area contributed by atoms with E-state index < -0.39 is 0 Å². The van der Waals surface area contributed by atoms with Crippen LogP contribution in [0.25, 0.3) is 0 Å². The molecule has 0 atom stereocenters. The van der Waals surface area contributed by atoms with Gasteiger partial charge in [0.2, 0.25) is 5.88 Å². The van der Waals surface area contributed by atoms with Gasteiger partial charge in [-0.2, -0.15) is 0 Å². The number of rotatable bonds is 3. The molecule has 0 amide bonds. The zero-order valence-electron chi connectivity index (χ0n) is 12.4. The molecule has 1 aliphatic rings. The summed E-state index contributed by atoms with van der Waals surface area (Å²) in [6, 6.07) is 4.98. The van der Waals surface area contributed by atoms with Gasteiger partial charge in [-0.05, 0) is 36.5 Å². The van der Waals surface area contributed by atoms with Gasteiger partial charge in [0.1, 0.15) is 0 Å². The fourth-order valence-electron chi connectivity index (χ4n) is 2.90. The number of aromatic nitrogens is 2. The lowest BCUT2D eigenvalue weighted by molar-refractivity contribution is 0.430. The number of benzene rings is 1. The van der Waals surface area contributed by atoms with Crippen LogP contribution in [-0.2, 0) is 0 Å². The normalized spacial score (nSPS) is 15.6. The molecule has 0 unspecified atom stereocenters. The molecule has 0 radical (unpaired) electrons. The minimum Gasteiger partial charge on any atom is -0.434 e. The lowest BCUT2D eigenvalue weighted by Crippen LogP contribution is -2.07. The average molecular weight is 373 g/mol. The van der Waals surface area contributed by atoms with Gasteiger partial charge in [0.15, 0.2) is 10.9 Å². The lowest BCUT2D eigenvalue weighted by Gasteiger charge is -2.22. The maximum absolute atomic E-state index is 6.22. The Kier molecular flexibility index (Phi) is 5.14. The zero-order chi connectivity index (χ0) is 16.4. The van der Waals surface area contributed by atoms with Gasteiger partial charge in [-0.1, -0.05) is 54.1 Å². The molecule has 0 aliphatic heterocycles. The Morgan fingerprint density at radius 1 is 0.957 bits per heavy atom. The van der Waals surface area contributed by atoms with Crippen molar-refractivity contribution in [1.82, 2.24) is 10.2 Å². The van der Waals surface area contributed by atoms with E-state index in [1.807, 2.05) is 6.07 Å². The first-order chi connectivity index (χ1) is 11.0. The van der Waals surface area contributed by atoms with Crippen LogP contribution in [0.15, 0.2) is 18.2 Å². The van der Waals surface area contributed by atoms with Crippen molar-refractivity contribution in [3.63, 3.8) is 0 Å². The second-order valence-corrected chi connectivity index (χ2v) is 6.85. The SMILES string of the molecule is Nc1cc(Cl)c(Oc2cc(C3CCCCC3)c(Cl)nn2)c(Cl)c1. The molecule has 7 heteroatoms. The molecule has 0 saturated heterocycles. The Bertz CT molecular complexity index is 695. The third-order valence-electron chi connectivity index (χ3n) is 4.03. The van der Waals surface area contributed by atoms with Gasteiger partial charge >= 0.3 is 0 Å². The quantitative estimate of drug-likeness (QED) is 0.685. The molecule has 2 N–H and O–H groups in total. The summed E-state index contributed by atoms with van der Waals surface area (Å²) in [5, 5.41) is 9.07. The summed E-state index contributed by atoms with van der Waals surface area (Å²) in [5.41, 5.74) is 7.13. The van der Waals surface area contributed by atoms with Crippen molar-refractivity contribution in [1.29, 1.82) is 0 Å². The van der Waals surface area contributed by atoms with Crippen LogP contribution in [0.2, 0.25) is 15.2 Å². The first kappa shape index (κ1) is 16.6. The highest BCUT2D eigenvalue weighted by Gasteiger charge is 2.21. The van der Waals surface area contributed by atoms with E-state index in [-0.39, 0.29) is 0 Å². The maximum atomic E-state index is 6.22. The Morgan fingerprint density at radius 2 is 1.61 bits per heavy atom. The highest BCUT2D eigenvalue weighted by molar-refractivity contribution is 6.37. The molecule has 0 spiro atoms. The van der Waals surface area contributed by atoms with E-state index in [0.29, 0.717) is 38.4 Å². The summed E-state index contributed by atoms with van der Waals surface area (Å²) in [4.78, 5) is 0. The second-order valence-electron chi connectivity index (χ2n) is 5.68. The summed E-state index contributed by atoms with van der Waals surface area (Å²) >= 11 is 18.5. The number of nitrogen functional groups attached to an aromatic ring is 1. The molecule has 122 valence electrons. The number of halogens is 3. The van der Waals surface area contributed by atoms with Gasteiger partial charge in [0, 0.05) is 11.8 Å². The van der Waals surface area contributed by atoms with Gasteiger partial charge in [0.25, 0.3) is 0 Å². The first-order valence-corrected chi connectivity index (χ1v) is 8.63. The van der Waals surface area contributed by atoms with Crippen molar-refractivity contribution in [2.75, 3.05) is 5.73 Å². The van der Waals surface area contributed by atoms with Crippen molar-refractivity contribution in [2.24, 2.45) is 0 Å². The predicted molar refractivity (Wildman–Crippen MR) is 93.8 cm³/mol. The van der Waals surface area contributed by atoms with E-state index in [2.05, 4.69) is 10.2 Å². The Labute approximate surface area is 149 Å². The van der Waals surface area contributed by atoms with Gasteiger partial charge in [-0.15, -0.1) is 10.2 Å². The van der Waals surface area contributed by atoms with Crippen LogP contribution in [-0.4, -0.2) is 10.2 Å². The summed E-state index contributed by atoms with van der Waals surface area (Å²) in [7, 11) is 0. The minimum atomic E-state index is 0.314. The van der Waals surface area contributed by atoms with E-state index in [1.54, 1.807) is 12.1 Å². The Hall–Kier alpha value is -1.23. The zero-order valence-corrected chi connectivity index (χ0v) is 14.6. The number of ether oxygens (including phenoxy) is 1. The summed E-state index contributed by atoms with van der Waals surface area (Å²) < 4.78 is 5.73. The molecule has 1 aromatic heterocycles. The molecular formula is C16H16Cl3N3O. The lowest BCUT2D eigenvalue weighted by atomic mass is 9.85. The number of nitrogens with two attached hydrogens (primary N) is 1. The number of anilines is 1. The fourth-order valence-corrected chi connectivity index (χ4v) is 3.73. The molecule has 2 aromatic rings. The van der Waals surface area contributed by atoms with Crippen molar-refractivity contribution < 1.29 is 4.74 Å².